The second kappa shape index (κ2) is 7.77. The van der Waals surface area contributed by atoms with Crippen molar-refractivity contribution in [2.45, 2.75) is 31.1 Å². The first kappa shape index (κ1) is 14.6. The fraction of sp³-hybridized carbons (Fsp3) is 0.700. The Bertz CT molecular complexity index is 301. The maximum absolute atomic E-state index is 5.77. The molecule has 0 amide bonds. The zero-order chi connectivity index (χ0) is 10.5. The van der Waals surface area contributed by atoms with Crippen molar-refractivity contribution in [1.82, 2.24) is 10.3 Å². The molecule has 0 spiro atoms. The fourth-order valence-electron chi connectivity index (χ4n) is 1.72. The number of nitrogens with zero attached hydrogens (tertiary/aromatic N) is 1. The smallest absolute Gasteiger partial charge is 0.183 e. The maximum atomic E-state index is 5.77. The van der Waals surface area contributed by atoms with Crippen LogP contribution in [0.15, 0.2) is 6.20 Å². The van der Waals surface area contributed by atoms with Gasteiger partial charge in [-0.25, -0.2) is 4.98 Å². The molecule has 1 unspecified atom stereocenters. The Morgan fingerprint density at radius 1 is 1.56 bits per heavy atom. The van der Waals surface area contributed by atoms with Crippen LogP contribution in [0.1, 0.15) is 24.1 Å². The number of thioether (sulfide) groups is 1. The molecule has 2 nitrogen and oxygen atoms in total. The van der Waals surface area contributed by atoms with Crippen molar-refractivity contribution in [1.29, 1.82) is 0 Å². The molecule has 0 aliphatic carbocycles. The molecule has 1 aromatic heterocycles. The summed E-state index contributed by atoms with van der Waals surface area (Å²) in [5.41, 5.74) is 0. The van der Waals surface area contributed by atoms with E-state index in [2.05, 4.69) is 10.3 Å². The molecule has 92 valence electrons. The highest BCUT2D eigenvalue weighted by molar-refractivity contribution is 7.98. The molecule has 2 heterocycles. The van der Waals surface area contributed by atoms with Crippen LogP contribution >= 0.6 is 47.1 Å². The van der Waals surface area contributed by atoms with E-state index in [9.17, 15) is 0 Å². The normalized spacial score (nSPS) is 20.4. The standard InChI is InChI=1S/C10H15ClN2S2.ClH/c11-10-13-5-9(15-10)7-14-6-8-3-1-2-4-12-8;/h5,8,12H,1-4,6-7H2;1H. The molecule has 1 aliphatic heterocycles. The molecule has 0 aromatic carbocycles. The summed E-state index contributed by atoms with van der Waals surface area (Å²) in [4.78, 5) is 5.32. The van der Waals surface area contributed by atoms with Crippen molar-refractivity contribution in [3.05, 3.63) is 15.5 Å². The van der Waals surface area contributed by atoms with Gasteiger partial charge >= 0.3 is 0 Å². The van der Waals surface area contributed by atoms with E-state index in [0.717, 1.165) is 5.75 Å². The molecule has 0 bridgehead atoms. The lowest BCUT2D eigenvalue weighted by Gasteiger charge is -2.22. The first-order valence-electron chi connectivity index (χ1n) is 5.26. The van der Waals surface area contributed by atoms with Crippen LogP contribution < -0.4 is 5.32 Å². The number of hydrogen-bond donors (Lipinski definition) is 1. The summed E-state index contributed by atoms with van der Waals surface area (Å²) in [6.07, 6.45) is 5.93. The summed E-state index contributed by atoms with van der Waals surface area (Å²) < 4.78 is 0.654. The molecule has 1 aromatic rings. The van der Waals surface area contributed by atoms with Crippen LogP contribution in [0.25, 0.3) is 0 Å². The molecule has 1 atom stereocenters. The van der Waals surface area contributed by atoms with Gasteiger partial charge in [0.1, 0.15) is 0 Å². The van der Waals surface area contributed by atoms with E-state index in [-0.39, 0.29) is 12.4 Å². The zero-order valence-electron chi connectivity index (χ0n) is 8.95. The third-order valence-electron chi connectivity index (χ3n) is 2.50. The minimum absolute atomic E-state index is 0. The Labute approximate surface area is 116 Å². The van der Waals surface area contributed by atoms with Crippen LogP contribution in [-0.4, -0.2) is 23.3 Å². The average Bonchev–Trinajstić information content (AvgIpc) is 2.66. The van der Waals surface area contributed by atoms with Gasteiger partial charge in [0.25, 0.3) is 0 Å². The van der Waals surface area contributed by atoms with Gasteiger partial charge in [-0.05, 0) is 19.4 Å². The van der Waals surface area contributed by atoms with Gasteiger partial charge in [0.2, 0.25) is 0 Å². The summed E-state index contributed by atoms with van der Waals surface area (Å²) in [6, 6.07) is 0.715. The number of hydrogen-bond acceptors (Lipinski definition) is 4. The third-order valence-corrected chi connectivity index (χ3v) is 4.95. The minimum Gasteiger partial charge on any atom is -0.313 e. The Balaban J connectivity index is 0.00000128. The van der Waals surface area contributed by atoms with Gasteiger partial charge in [-0.15, -0.1) is 23.7 Å². The minimum atomic E-state index is 0. The predicted molar refractivity (Wildman–Crippen MR) is 76.2 cm³/mol. The van der Waals surface area contributed by atoms with E-state index in [1.807, 2.05) is 18.0 Å². The van der Waals surface area contributed by atoms with Gasteiger partial charge in [-0.2, -0.15) is 11.8 Å². The van der Waals surface area contributed by atoms with E-state index in [1.54, 1.807) is 11.3 Å². The molecule has 1 saturated heterocycles. The van der Waals surface area contributed by atoms with Crippen molar-refractivity contribution in [2.24, 2.45) is 0 Å². The Hall–Kier alpha value is 0.520. The Kier molecular flexibility index (Phi) is 7.08. The molecule has 2 rings (SSSR count). The van der Waals surface area contributed by atoms with Crippen LogP contribution in [0.5, 0.6) is 0 Å². The van der Waals surface area contributed by atoms with Crippen molar-refractivity contribution >= 4 is 47.1 Å². The Morgan fingerprint density at radius 3 is 3.06 bits per heavy atom. The number of halogens is 2. The lowest BCUT2D eigenvalue weighted by atomic mass is 10.1. The molecule has 16 heavy (non-hydrogen) atoms. The average molecular weight is 299 g/mol. The van der Waals surface area contributed by atoms with Gasteiger partial charge in [0, 0.05) is 28.6 Å². The van der Waals surface area contributed by atoms with Crippen molar-refractivity contribution in [2.75, 3.05) is 12.3 Å². The second-order valence-corrected chi connectivity index (χ2v) is 6.47. The van der Waals surface area contributed by atoms with Gasteiger partial charge in [-0.3, -0.25) is 0 Å². The van der Waals surface area contributed by atoms with Crippen molar-refractivity contribution in [3.63, 3.8) is 0 Å². The second-order valence-electron chi connectivity index (χ2n) is 3.74. The zero-order valence-corrected chi connectivity index (χ0v) is 12.2. The van der Waals surface area contributed by atoms with Crippen LogP contribution in [0.2, 0.25) is 4.47 Å². The molecular formula is C10H16Cl2N2S2. The first-order valence-corrected chi connectivity index (χ1v) is 7.61. The van der Waals surface area contributed by atoms with Crippen molar-refractivity contribution < 1.29 is 0 Å². The van der Waals surface area contributed by atoms with Crippen LogP contribution in [0.3, 0.4) is 0 Å². The molecular weight excluding hydrogens is 283 g/mol. The summed E-state index contributed by atoms with van der Waals surface area (Å²) in [6.45, 7) is 1.19. The van der Waals surface area contributed by atoms with Gasteiger partial charge < -0.3 is 5.32 Å². The third kappa shape index (κ3) is 4.80. The summed E-state index contributed by atoms with van der Waals surface area (Å²) >= 11 is 9.34. The quantitative estimate of drug-likeness (QED) is 0.919. The molecule has 1 fully saturated rings. The fourth-order valence-corrected chi connectivity index (χ4v) is 3.94. The summed E-state index contributed by atoms with van der Waals surface area (Å²) in [7, 11) is 0. The maximum Gasteiger partial charge on any atom is 0.183 e. The lowest BCUT2D eigenvalue weighted by Crippen LogP contribution is -2.35. The predicted octanol–water partition coefficient (Wildman–Crippen LogP) is 3.59. The van der Waals surface area contributed by atoms with E-state index >= 15 is 0 Å². The number of thiazole rings is 1. The highest BCUT2D eigenvalue weighted by Crippen LogP contribution is 2.23. The lowest BCUT2D eigenvalue weighted by molar-refractivity contribution is 0.430. The van der Waals surface area contributed by atoms with E-state index < -0.39 is 0 Å². The first-order chi connectivity index (χ1) is 7.34. The molecule has 1 N–H and O–H groups in total. The Morgan fingerprint density at radius 2 is 2.44 bits per heavy atom. The largest absolute Gasteiger partial charge is 0.313 e. The van der Waals surface area contributed by atoms with Gasteiger partial charge in [0.15, 0.2) is 4.47 Å². The van der Waals surface area contributed by atoms with Gasteiger partial charge in [0.05, 0.1) is 0 Å². The van der Waals surface area contributed by atoms with E-state index in [4.69, 9.17) is 11.6 Å². The molecule has 6 heteroatoms. The van der Waals surface area contributed by atoms with Gasteiger partial charge in [-0.1, -0.05) is 18.0 Å². The topological polar surface area (TPSA) is 24.9 Å². The van der Waals surface area contributed by atoms with Crippen LogP contribution in [0, 0.1) is 0 Å². The number of aromatic nitrogens is 1. The highest BCUT2D eigenvalue weighted by Gasteiger charge is 2.12. The monoisotopic (exact) mass is 298 g/mol. The number of rotatable bonds is 4. The molecule has 0 radical (unpaired) electrons. The van der Waals surface area contributed by atoms with Crippen molar-refractivity contribution in [3.8, 4) is 0 Å². The van der Waals surface area contributed by atoms with Crippen LogP contribution in [0.4, 0.5) is 0 Å². The molecule has 1 aliphatic rings. The van der Waals surface area contributed by atoms with E-state index in [0.29, 0.717) is 10.5 Å². The van der Waals surface area contributed by atoms with Crippen LogP contribution in [-0.2, 0) is 5.75 Å². The summed E-state index contributed by atoms with van der Waals surface area (Å²) in [5, 5.41) is 3.55. The summed E-state index contributed by atoms with van der Waals surface area (Å²) in [5.74, 6) is 2.25. The molecule has 0 saturated carbocycles. The number of piperidine rings is 1. The SMILES string of the molecule is Cl.Clc1ncc(CSCC2CCCCN2)s1. The number of nitrogens with one attached hydrogen (secondary N) is 1. The van der Waals surface area contributed by atoms with E-state index in [1.165, 1.54) is 36.4 Å². The highest BCUT2D eigenvalue weighted by atomic mass is 35.5.